The molecule has 1 aromatic carbocycles. The molecular formula is C16H23BrFN. The molecule has 1 heterocycles. The van der Waals surface area contributed by atoms with Crippen LogP contribution >= 0.6 is 15.9 Å². The van der Waals surface area contributed by atoms with Crippen LogP contribution in [0, 0.1) is 17.7 Å². The van der Waals surface area contributed by atoms with Crippen molar-refractivity contribution in [2.45, 2.75) is 39.7 Å². The Bertz CT molecular complexity index is 419. The van der Waals surface area contributed by atoms with Gasteiger partial charge < -0.3 is 0 Å². The zero-order chi connectivity index (χ0) is 13.8. The molecule has 1 fully saturated rings. The standard InChI is InChI=1S/C16H23BrFN/c1-12(2)14-4-3-8-19(9-7-14)11-13-5-6-16(18)15(17)10-13/h5-6,10,12,14H,3-4,7-9,11H2,1-2H3. The van der Waals surface area contributed by atoms with Crippen molar-refractivity contribution in [1.82, 2.24) is 4.90 Å². The SMILES string of the molecule is CC(C)C1CCCN(Cc2ccc(F)c(Br)c2)CC1. The lowest BCUT2D eigenvalue weighted by molar-refractivity contribution is 0.264. The van der Waals surface area contributed by atoms with Crippen LogP contribution < -0.4 is 0 Å². The number of hydrogen-bond donors (Lipinski definition) is 0. The van der Waals surface area contributed by atoms with E-state index in [-0.39, 0.29) is 5.82 Å². The lowest BCUT2D eigenvalue weighted by Crippen LogP contribution is -2.24. The van der Waals surface area contributed by atoms with Crippen LogP contribution in [0.5, 0.6) is 0 Å². The highest BCUT2D eigenvalue weighted by molar-refractivity contribution is 9.10. The van der Waals surface area contributed by atoms with Crippen LogP contribution in [0.3, 0.4) is 0 Å². The molecule has 106 valence electrons. The molecule has 0 aromatic heterocycles. The molecule has 0 amide bonds. The van der Waals surface area contributed by atoms with E-state index in [9.17, 15) is 4.39 Å². The molecule has 3 heteroatoms. The Morgan fingerprint density at radius 1 is 1.32 bits per heavy atom. The third kappa shape index (κ3) is 4.28. The highest BCUT2D eigenvalue weighted by Crippen LogP contribution is 2.25. The topological polar surface area (TPSA) is 3.24 Å². The number of rotatable bonds is 3. The number of hydrogen-bond acceptors (Lipinski definition) is 1. The molecule has 0 N–H and O–H groups in total. The predicted octanol–water partition coefficient (Wildman–Crippen LogP) is 4.85. The summed E-state index contributed by atoms with van der Waals surface area (Å²) in [5.74, 6) is 1.48. The Kier molecular flexibility index (Phi) is 5.40. The van der Waals surface area contributed by atoms with Gasteiger partial charge in [0.25, 0.3) is 0 Å². The normalized spacial score (nSPS) is 21.6. The summed E-state index contributed by atoms with van der Waals surface area (Å²) in [5.41, 5.74) is 1.19. The van der Waals surface area contributed by atoms with Gasteiger partial charge in [0.2, 0.25) is 0 Å². The fraction of sp³-hybridized carbons (Fsp3) is 0.625. The van der Waals surface area contributed by atoms with E-state index in [1.54, 1.807) is 6.07 Å². The van der Waals surface area contributed by atoms with Crippen LogP contribution in [0.2, 0.25) is 0 Å². The molecule has 19 heavy (non-hydrogen) atoms. The van der Waals surface area contributed by atoms with Gasteiger partial charge in [0.15, 0.2) is 0 Å². The van der Waals surface area contributed by atoms with Crippen LogP contribution in [0.15, 0.2) is 22.7 Å². The minimum absolute atomic E-state index is 0.181. The maximum atomic E-state index is 13.2. The first-order valence-corrected chi connectivity index (χ1v) is 8.02. The van der Waals surface area contributed by atoms with Crippen molar-refractivity contribution in [3.8, 4) is 0 Å². The summed E-state index contributed by atoms with van der Waals surface area (Å²) >= 11 is 3.26. The quantitative estimate of drug-likeness (QED) is 0.767. The summed E-state index contributed by atoms with van der Waals surface area (Å²) in [6.07, 6.45) is 3.92. The van der Waals surface area contributed by atoms with Gasteiger partial charge in [-0.15, -0.1) is 0 Å². The van der Waals surface area contributed by atoms with Gasteiger partial charge in [-0.25, -0.2) is 4.39 Å². The van der Waals surface area contributed by atoms with Crippen molar-refractivity contribution in [2.75, 3.05) is 13.1 Å². The van der Waals surface area contributed by atoms with Gasteiger partial charge in [0, 0.05) is 6.54 Å². The lowest BCUT2D eigenvalue weighted by Gasteiger charge is -2.21. The number of halogens is 2. The Morgan fingerprint density at radius 3 is 2.79 bits per heavy atom. The van der Waals surface area contributed by atoms with Crippen molar-refractivity contribution in [3.63, 3.8) is 0 Å². The van der Waals surface area contributed by atoms with E-state index in [4.69, 9.17) is 0 Å². The smallest absolute Gasteiger partial charge is 0.137 e. The van der Waals surface area contributed by atoms with Gasteiger partial charge in [-0.1, -0.05) is 19.9 Å². The summed E-state index contributed by atoms with van der Waals surface area (Å²) in [6.45, 7) is 7.93. The van der Waals surface area contributed by atoms with Gasteiger partial charge in [0.1, 0.15) is 5.82 Å². The van der Waals surface area contributed by atoms with Gasteiger partial charge in [-0.3, -0.25) is 4.90 Å². The summed E-state index contributed by atoms with van der Waals surface area (Å²) in [4.78, 5) is 2.50. The molecule has 1 nitrogen and oxygen atoms in total. The second kappa shape index (κ2) is 6.85. The average molecular weight is 328 g/mol. The minimum atomic E-state index is -0.181. The molecule has 0 radical (unpaired) electrons. The van der Waals surface area contributed by atoms with Crippen LogP contribution in [0.25, 0.3) is 0 Å². The molecule has 1 aromatic rings. The molecule has 0 bridgehead atoms. The van der Waals surface area contributed by atoms with Crippen LogP contribution in [-0.4, -0.2) is 18.0 Å². The maximum Gasteiger partial charge on any atom is 0.137 e. The first-order valence-electron chi connectivity index (χ1n) is 7.22. The molecule has 1 saturated heterocycles. The van der Waals surface area contributed by atoms with Crippen molar-refractivity contribution < 1.29 is 4.39 Å². The second-order valence-electron chi connectivity index (χ2n) is 5.96. The molecule has 0 saturated carbocycles. The number of benzene rings is 1. The molecule has 0 spiro atoms. The molecule has 1 atom stereocenters. The molecule has 1 aliphatic heterocycles. The zero-order valence-corrected chi connectivity index (χ0v) is 13.4. The lowest BCUT2D eigenvalue weighted by atomic mass is 9.89. The van der Waals surface area contributed by atoms with Crippen LogP contribution in [0.1, 0.15) is 38.7 Å². The maximum absolute atomic E-state index is 13.2. The van der Waals surface area contributed by atoms with Crippen molar-refractivity contribution >= 4 is 15.9 Å². The van der Waals surface area contributed by atoms with E-state index in [1.165, 1.54) is 24.8 Å². The Balaban J connectivity index is 1.94. The van der Waals surface area contributed by atoms with Crippen molar-refractivity contribution in [3.05, 3.63) is 34.1 Å². The van der Waals surface area contributed by atoms with E-state index in [2.05, 4.69) is 34.7 Å². The first kappa shape index (κ1) is 15.0. The molecule has 2 rings (SSSR count). The van der Waals surface area contributed by atoms with Crippen molar-refractivity contribution in [1.29, 1.82) is 0 Å². The Morgan fingerprint density at radius 2 is 2.11 bits per heavy atom. The monoisotopic (exact) mass is 327 g/mol. The Labute approximate surface area is 124 Å². The predicted molar refractivity (Wildman–Crippen MR) is 81.6 cm³/mol. The largest absolute Gasteiger partial charge is 0.299 e. The zero-order valence-electron chi connectivity index (χ0n) is 11.8. The second-order valence-corrected chi connectivity index (χ2v) is 6.81. The fourth-order valence-electron chi connectivity index (χ4n) is 2.90. The van der Waals surface area contributed by atoms with Gasteiger partial charge in [-0.05, 0) is 77.8 Å². The van der Waals surface area contributed by atoms with Gasteiger partial charge in [-0.2, -0.15) is 0 Å². The molecular weight excluding hydrogens is 305 g/mol. The number of nitrogens with zero attached hydrogens (tertiary/aromatic N) is 1. The molecule has 0 aliphatic carbocycles. The molecule has 1 aliphatic rings. The van der Waals surface area contributed by atoms with E-state index in [0.717, 1.165) is 31.5 Å². The van der Waals surface area contributed by atoms with Gasteiger partial charge >= 0.3 is 0 Å². The third-order valence-corrected chi connectivity index (χ3v) is 4.81. The highest BCUT2D eigenvalue weighted by atomic mass is 79.9. The summed E-state index contributed by atoms with van der Waals surface area (Å²) in [6, 6.07) is 5.35. The van der Waals surface area contributed by atoms with E-state index in [1.807, 2.05) is 12.1 Å². The third-order valence-electron chi connectivity index (χ3n) is 4.20. The molecule has 1 unspecified atom stereocenters. The van der Waals surface area contributed by atoms with Crippen LogP contribution in [0.4, 0.5) is 4.39 Å². The summed E-state index contributed by atoms with van der Waals surface area (Å²) in [7, 11) is 0. The fourth-order valence-corrected chi connectivity index (χ4v) is 3.33. The van der Waals surface area contributed by atoms with E-state index < -0.39 is 0 Å². The Hall–Kier alpha value is -0.410. The van der Waals surface area contributed by atoms with Crippen LogP contribution in [-0.2, 0) is 6.54 Å². The minimum Gasteiger partial charge on any atom is -0.299 e. The average Bonchev–Trinajstić information content (AvgIpc) is 2.59. The number of likely N-dealkylation sites (tertiary alicyclic amines) is 1. The first-order chi connectivity index (χ1) is 9.06. The van der Waals surface area contributed by atoms with Crippen molar-refractivity contribution in [2.24, 2.45) is 11.8 Å². The van der Waals surface area contributed by atoms with E-state index >= 15 is 0 Å². The summed E-state index contributed by atoms with van der Waals surface area (Å²) < 4.78 is 13.8. The van der Waals surface area contributed by atoms with E-state index in [0.29, 0.717) is 4.47 Å². The highest BCUT2D eigenvalue weighted by Gasteiger charge is 2.19. The summed E-state index contributed by atoms with van der Waals surface area (Å²) in [5, 5.41) is 0. The van der Waals surface area contributed by atoms with Gasteiger partial charge in [0.05, 0.1) is 4.47 Å².